The monoisotopic (exact) mass is 222 g/mol. The van der Waals surface area contributed by atoms with Gasteiger partial charge in [0.15, 0.2) is 5.82 Å². The van der Waals surface area contributed by atoms with Crippen molar-refractivity contribution < 1.29 is 4.79 Å². The Morgan fingerprint density at radius 1 is 1.31 bits per heavy atom. The van der Waals surface area contributed by atoms with E-state index >= 15 is 0 Å². The first-order valence-corrected chi connectivity index (χ1v) is 5.17. The molecule has 0 aliphatic carbocycles. The molecule has 1 aromatic heterocycles. The molecule has 0 saturated carbocycles. The number of H-pyrrole nitrogens is 1. The Balaban J connectivity index is 2.47. The van der Waals surface area contributed by atoms with Gasteiger partial charge in [0.1, 0.15) is 17.6 Å². The van der Waals surface area contributed by atoms with Crippen molar-refractivity contribution in [2.75, 3.05) is 10.6 Å². The van der Waals surface area contributed by atoms with Gasteiger partial charge in [0.25, 0.3) is 5.56 Å². The number of fused-ring (bicyclic) bond motifs is 1. The summed E-state index contributed by atoms with van der Waals surface area (Å²) in [6, 6.07) is -0.346. The van der Waals surface area contributed by atoms with Crippen LogP contribution in [0.15, 0.2) is 4.79 Å². The maximum absolute atomic E-state index is 11.7. The number of hydrogen-bond donors (Lipinski definition) is 3. The minimum Gasteiger partial charge on any atom is -0.356 e. The molecule has 0 spiro atoms. The Morgan fingerprint density at radius 3 is 2.62 bits per heavy atom. The van der Waals surface area contributed by atoms with Crippen LogP contribution in [-0.4, -0.2) is 21.9 Å². The number of nitrogens with one attached hydrogen (secondary N) is 3. The predicted molar refractivity (Wildman–Crippen MR) is 60.5 cm³/mol. The largest absolute Gasteiger partial charge is 0.356 e. The summed E-state index contributed by atoms with van der Waals surface area (Å²) < 4.78 is 0. The molecule has 0 radical (unpaired) electrons. The van der Waals surface area contributed by atoms with Crippen molar-refractivity contribution in [2.45, 2.75) is 26.8 Å². The highest BCUT2D eigenvalue weighted by atomic mass is 16.2. The zero-order chi connectivity index (χ0) is 11.9. The normalized spacial score (nSPS) is 19.0. The van der Waals surface area contributed by atoms with Crippen LogP contribution >= 0.6 is 0 Å². The molecule has 6 nitrogen and oxygen atoms in total. The number of anilines is 2. The first-order chi connectivity index (χ1) is 7.49. The predicted octanol–water partition coefficient (Wildman–Crippen LogP) is 0.467. The summed E-state index contributed by atoms with van der Waals surface area (Å²) >= 11 is 0. The molecule has 6 heteroatoms. The van der Waals surface area contributed by atoms with Crippen LogP contribution in [0.3, 0.4) is 0 Å². The summed E-state index contributed by atoms with van der Waals surface area (Å²) in [5.74, 6) is 0.905. The van der Waals surface area contributed by atoms with Gasteiger partial charge >= 0.3 is 0 Å². The topological polar surface area (TPSA) is 86.9 Å². The standard InChI is InChI=1S/C10H14N4O2/c1-4(2)6-9(15)14-7-8(13-6)11-5(3)12-10(7)16/h4,6H,1-3H3,(H,14,15)(H2,11,12,13,16). The Hall–Kier alpha value is -1.85. The first-order valence-electron chi connectivity index (χ1n) is 5.17. The summed E-state index contributed by atoms with van der Waals surface area (Å²) in [6.07, 6.45) is 0. The molecule has 1 atom stereocenters. The van der Waals surface area contributed by atoms with E-state index in [9.17, 15) is 9.59 Å². The van der Waals surface area contributed by atoms with Crippen molar-refractivity contribution in [1.29, 1.82) is 0 Å². The zero-order valence-electron chi connectivity index (χ0n) is 9.42. The highest BCUT2D eigenvalue weighted by molar-refractivity contribution is 6.02. The number of nitrogens with zero attached hydrogens (tertiary/aromatic N) is 1. The lowest BCUT2D eigenvalue weighted by Gasteiger charge is -2.27. The van der Waals surface area contributed by atoms with E-state index < -0.39 is 0 Å². The van der Waals surface area contributed by atoms with Gasteiger partial charge in [-0.05, 0) is 12.8 Å². The molecule has 16 heavy (non-hydrogen) atoms. The van der Waals surface area contributed by atoms with Crippen molar-refractivity contribution >= 4 is 17.4 Å². The van der Waals surface area contributed by atoms with E-state index in [0.29, 0.717) is 11.6 Å². The average molecular weight is 222 g/mol. The fourth-order valence-corrected chi connectivity index (χ4v) is 1.69. The fourth-order valence-electron chi connectivity index (χ4n) is 1.69. The van der Waals surface area contributed by atoms with Crippen LogP contribution in [0.5, 0.6) is 0 Å². The Morgan fingerprint density at radius 2 is 2.00 bits per heavy atom. The van der Waals surface area contributed by atoms with Gasteiger partial charge in [0.05, 0.1) is 0 Å². The van der Waals surface area contributed by atoms with E-state index in [0.717, 1.165) is 0 Å². The zero-order valence-corrected chi connectivity index (χ0v) is 9.42. The number of carbonyl (C=O) groups excluding carboxylic acids is 1. The second kappa shape index (κ2) is 3.62. The van der Waals surface area contributed by atoms with E-state index in [1.165, 1.54) is 0 Å². The first kappa shape index (κ1) is 10.7. The number of aryl methyl sites for hydroxylation is 1. The highest BCUT2D eigenvalue weighted by Gasteiger charge is 2.30. The molecule has 1 aliphatic heterocycles. The molecule has 3 N–H and O–H groups in total. The van der Waals surface area contributed by atoms with Crippen LogP contribution in [0, 0.1) is 12.8 Å². The Bertz CT molecular complexity index is 492. The van der Waals surface area contributed by atoms with Gasteiger partial charge in [-0.15, -0.1) is 0 Å². The minimum atomic E-state index is -0.346. The van der Waals surface area contributed by atoms with Gasteiger partial charge in [-0.2, -0.15) is 0 Å². The summed E-state index contributed by atoms with van der Waals surface area (Å²) in [7, 11) is 0. The van der Waals surface area contributed by atoms with Crippen molar-refractivity contribution in [2.24, 2.45) is 5.92 Å². The van der Waals surface area contributed by atoms with Crippen molar-refractivity contribution in [3.05, 3.63) is 16.2 Å². The van der Waals surface area contributed by atoms with Gasteiger partial charge in [0, 0.05) is 0 Å². The van der Waals surface area contributed by atoms with Crippen molar-refractivity contribution in [3.8, 4) is 0 Å². The van der Waals surface area contributed by atoms with Crippen LogP contribution in [0.2, 0.25) is 0 Å². The van der Waals surface area contributed by atoms with Gasteiger partial charge in [-0.1, -0.05) is 13.8 Å². The van der Waals surface area contributed by atoms with Gasteiger partial charge in [-0.3, -0.25) is 9.59 Å². The number of carbonyl (C=O) groups is 1. The summed E-state index contributed by atoms with van der Waals surface area (Å²) in [4.78, 5) is 29.9. The van der Waals surface area contributed by atoms with Gasteiger partial charge < -0.3 is 15.6 Å². The SMILES string of the molecule is Cc1nc2c(c(=O)[nH]1)NC(=O)C(C(C)C)N2. The van der Waals surface area contributed by atoms with E-state index in [2.05, 4.69) is 20.6 Å². The van der Waals surface area contributed by atoms with Crippen molar-refractivity contribution in [1.82, 2.24) is 9.97 Å². The smallest absolute Gasteiger partial charge is 0.276 e. The van der Waals surface area contributed by atoms with Crippen LogP contribution < -0.4 is 16.2 Å². The molecule has 1 unspecified atom stereocenters. The van der Waals surface area contributed by atoms with Crippen LogP contribution in [-0.2, 0) is 4.79 Å². The number of aromatic amines is 1. The highest BCUT2D eigenvalue weighted by Crippen LogP contribution is 2.22. The molecular weight excluding hydrogens is 208 g/mol. The maximum Gasteiger partial charge on any atom is 0.276 e. The van der Waals surface area contributed by atoms with Crippen LogP contribution in [0.25, 0.3) is 0 Å². The van der Waals surface area contributed by atoms with E-state index in [-0.39, 0.29) is 29.1 Å². The molecule has 2 rings (SSSR count). The van der Waals surface area contributed by atoms with E-state index in [4.69, 9.17) is 0 Å². The summed E-state index contributed by atoms with van der Waals surface area (Å²) in [6.45, 7) is 5.56. The lowest BCUT2D eigenvalue weighted by Crippen LogP contribution is -2.44. The number of rotatable bonds is 1. The molecule has 2 heterocycles. The second-order valence-corrected chi connectivity index (χ2v) is 4.23. The number of amides is 1. The molecule has 0 saturated heterocycles. The molecule has 1 aliphatic rings. The lowest BCUT2D eigenvalue weighted by atomic mass is 10.0. The molecule has 86 valence electrons. The number of aromatic nitrogens is 2. The maximum atomic E-state index is 11.7. The van der Waals surface area contributed by atoms with Crippen molar-refractivity contribution in [3.63, 3.8) is 0 Å². The third-order valence-electron chi connectivity index (χ3n) is 2.53. The van der Waals surface area contributed by atoms with E-state index in [1.54, 1.807) is 6.92 Å². The molecule has 1 aromatic rings. The third kappa shape index (κ3) is 1.66. The molecule has 0 fully saturated rings. The molecule has 0 aromatic carbocycles. The van der Waals surface area contributed by atoms with E-state index in [1.807, 2.05) is 13.8 Å². The molecular formula is C10H14N4O2. The molecule has 1 amide bonds. The Kier molecular flexibility index (Phi) is 2.41. The lowest BCUT2D eigenvalue weighted by molar-refractivity contribution is -0.117. The summed E-state index contributed by atoms with van der Waals surface area (Å²) in [5.41, 5.74) is -0.127. The van der Waals surface area contributed by atoms with Crippen LogP contribution in [0.1, 0.15) is 19.7 Å². The summed E-state index contributed by atoms with van der Waals surface area (Å²) in [5, 5.41) is 5.56. The third-order valence-corrected chi connectivity index (χ3v) is 2.53. The van der Waals surface area contributed by atoms with Gasteiger partial charge in [0.2, 0.25) is 5.91 Å². The molecule has 0 bridgehead atoms. The minimum absolute atomic E-state index is 0.134. The second-order valence-electron chi connectivity index (χ2n) is 4.23. The quantitative estimate of drug-likeness (QED) is 0.644. The fraction of sp³-hybridized carbons (Fsp3) is 0.500. The number of hydrogen-bond acceptors (Lipinski definition) is 4. The van der Waals surface area contributed by atoms with Crippen LogP contribution in [0.4, 0.5) is 11.5 Å². The van der Waals surface area contributed by atoms with Gasteiger partial charge in [-0.25, -0.2) is 4.98 Å². The average Bonchev–Trinajstić information content (AvgIpc) is 2.18. The Labute approximate surface area is 92.5 Å².